The van der Waals surface area contributed by atoms with Crippen LogP contribution in [0.25, 0.3) is 0 Å². The summed E-state index contributed by atoms with van der Waals surface area (Å²) in [6, 6.07) is -0.460. The predicted molar refractivity (Wildman–Crippen MR) is 90.0 cm³/mol. The van der Waals surface area contributed by atoms with Crippen LogP contribution in [0.15, 0.2) is 0 Å². The molecular weight excluding hydrogens is 302 g/mol. The maximum atomic E-state index is 12.4. The SMILES string of the molecule is CN(C)C(C)(C)CNC(=O)[C@@H]1CSCN1C(=O)OC(C)(C)C. The van der Waals surface area contributed by atoms with Crippen molar-refractivity contribution in [2.45, 2.75) is 51.8 Å². The summed E-state index contributed by atoms with van der Waals surface area (Å²) in [5.41, 5.74) is -0.698. The second-order valence-corrected chi connectivity index (χ2v) is 8.39. The molecule has 0 aromatic heterocycles. The molecule has 1 heterocycles. The molecule has 1 aliphatic rings. The first-order valence-corrected chi connectivity index (χ1v) is 8.62. The molecule has 128 valence electrons. The van der Waals surface area contributed by atoms with Crippen molar-refractivity contribution in [3.8, 4) is 0 Å². The van der Waals surface area contributed by atoms with Crippen LogP contribution in [0.5, 0.6) is 0 Å². The van der Waals surface area contributed by atoms with E-state index in [1.54, 1.807) is 11.8 Å². The molecule has 2 amide bonds. The van der Waals surface area contributed by atoms with Crippen LogP contribution in [0, 0.1) is 0 Å². The number of likely N-dealkylation sites (N-methyl/N-ethyl adjacent to an activating group) is 1. The Morgan fingerprint density at radius 1 is 1.27 bits per heavy atom. The van der Waals surface area contributed by atoms with Crippen molar-refractivity contribution >= 4 is 23.8 Å². The van der Waals surface area contributed by atoms with Gasteiger partial charge in [0.2, 0.25) is 5.91 Å². The van der Waals surface area contributed by atoms with Gasteiger partial charge in [-0.3, -0.25) is 9.69 Å². The average molecular weight is 331 g/mol. The molecule has 7 heteroatoms. The minimum absolute atomic E-state index is 0.120. The molecule has 1 rings (SSSR count). The van der Waals surface area contributed by atoms with Crippen LogP contribution in [0.3, 0.4) is 0 Å². The van der Waals surface area contributed by atoms with Crippen LogP contribution in [-0.4, -0.2) is 71.3 Å². The van der Waals surface area contributed by atoms with E-state index in [0.29, 0.717) is 18.2 Å². The summed E-state index contributed by atoms with van der Waals surface area (Å²) >= 11 is 1.57. The van der Waals surface area contributed by atoms with Crippen molar-refractivity contribution in [3.05, 3.63) is 0 Å². The molecule has 6 nitrogen and oxygen atoms in total. The monoisotopic (exact) mass is 331 g/mol. The van der Waals surface area contributed by atoms with E-state index < -0.39 is 17.7 Å². The highest BCUT2D eigenvalue weighted by molar-refractivity contribution is 7.99. The zero-order valence-corrected chi connectivity index (χ0v) is 15.5. The minimum atomic E-state index is -0.557. The lowest BCUT2D eigenvalue weighted by Crippen LogP contribution is -2.53. The second kappa shape index (κ2) is 7.08. The Bertz CT molecular complexity index is 419. The lowest BCUT2D eigenvalue weighted by Gasteiger charge is -2.33. The third-order valence-electron chi connectivity index (χ3n) is 3.72. The Morgan fingerprint density at radius 2 is 1.86 bits per heavy atom. The van der Waals surface area contributed by atoms with Crippen LogP contribution in [0.4, 0.5) is 4.79 Å². The van der Waals surface area contributed by atoms with Gasteiger partial charge in [0, 0.05) is 17.8 Å². The maximum absolute atomic E-state index is 12.4. The second-order valence-electron chi connectivity index (χ2n) is 7.39. The summed E-state index contributed by atoms with van der Waals surface area (Å²) in [6.07, 6.45) is -0.426. The molecule has 1 atom stereocenters. The number of ether oxygens (including phenoxy) is 1. The van der Waals surface area contributed by atoms with Gasteiger partial charge in [0.25, 0.3) is 0 Å². The topological polar surface area (TPSA) is 61.9 Å². The lowest BCUT2D eigenvalue weighted by atomic mass is 10.0. The fraction of sp³-hybridized carbons (Fsp3) is 0.867. The van der Waals surface area contributed by atoms with Crippen LogP contribution >= 0.6 is 11.8 Å². The maximum Gasteiger partial charge on any atom is 0.411 e. The number of carbonyl (C=O) groups excluding carboxylic acids is 2. The van der Waals surface area contributed by atoms with Gasteiger partial charge in [0.1, 0.15) is 11.6 Å². The number of nitrogens with zero attached hydrogens (tertiary/aromatic N) is 2. The average Bonchev–Trinajstić information content (AvgIpc) is 2.83. The Hall–Kier alpha value is -0.950. The molecule has 0 aliphatic carbocycles. The highest BCUT2D eigenvalue weighted by Gasteiger charge is 2.37. The number of nitrogens with one attached hydrogen (secondary N) is 1. The molecule has 22 heavy (non-hydrogen) atoms. The van der Waals surface area contributed by atoms with Crippen molar-refractivity contribution in [2.75, 3.05) is 32.3 Å². The number of amides is 2. The molecule has 1 N–H and O–H groups in total. The quantitative estimate of drug-likeness (QED) is 0.850. The van der Waals surface area contributed by atoms with Gasteiger partial charge in [0.15, 0.2) is 0 Å². The summed E-state index contributed by atoms with van der Waals surface area (Å²) in [5, 5.41) is 2.95. The van der Waals surface area contributed by atoms with Crippen molar-refractivity contribution in [2.24, 2.45) is 0 Å². The van der Waals surface area contributed by atoms with Crippen molar-refractivity contribution < 1.29 is 14.3 Å². The summed E-state index contributed by atoms with van der Waals surface area (Å²) in [5.74, 6) is 0.975. The summed E-state index contributed by atoms with van der Waals surface area (Å²) in [6.45, 7) is 10.1. The largest absolute Gasteiger partial charge is 0.444 e. The Balaban J connectivity index is 2.63. The molecule has 1 aliphatic heterocycles. The zero-order valence-electron chi connectivity index (χ0n) is 14.7. The fourth-order valence-electron chi connectivity index (χ4n) is 1.74. The van der Waals surface area contributed by atoms with Crippen LogP contribution in [-0.2, 0) is 9.53 Å². The van der Waals surface area contributed by atoms with Crippen molar-refractivity contribution in [1.29, 1.82) is 0 Å². The Kier molecular flexibility index (Phi) is 6.15. The van der Waals surface area contributed by atoms with Gasteiger partial charge < -0.3 is 15.0 Å². The molecule has 0 aromatic carbocycles. The van der Waals surface area contributed by atoms with E-state index >= 15 is 0 Å². The Labute approximate surface area is 137 Å². The van der Waals surface area contributed by atoms with Crippen LogP contribution < -0.4 is 5.32 Å². The van der Waals surface area contributed by atoms with E-state index in [9.17, 15) is 9.59 Å². The molecule has 1 fully saturated rings. The number of hydrogen-bond acceptors (Lipinski definition) is 5. The third-order valence-corrected chi connectivity index (χ3v) is 4.73. The van der Waals surface area contributed by atoms with Gasteiger partial charge >= 0.3 is 6.09 Å². The van der Waals surface area contributed by atoms with E-state index in [4.69, 9.17) is 4.74 Å². The first-order chi connectivity index (χ1) is 9.94. The summed E-state index contributed by atoms with van der Waals surface area (Å²) < 4.78 is 5.37. The first-order valence-electron chi connectivity index (χ1n) is 7.46. The minimum Gasteiger partial charge on any atom is -0.444 e. The smallest absolute Gasteiger partial charge is 0.411 e. The highest BCUT2D eigenvalue weighted by Crippen LogP contribution is 2.23. The number of hydrogen-bond donors (Lipinski definition) is 1. The van der Waals surface area contributed by atoms with Gasteiger partial charge in [-0.1, -0.05) is 0 Å². The van der Waals surface area contributed by atoms with E-state index in [2.05, 4.69) is 24.1 Å². The molecule has 0 unspecified atom stereocenters. The van der Waals surface area contributed by atoms with Gasteiger partial charge in [-0.15, -0.1) is 11.8 Å². The molecule has 0 bridgehead atoms. The zero-order chi connectivity index (χ0) is 17.1. The number of thioether (sulfide) groups is 1. The normalized spacial score (nSPS) is 19.5. The molecule has 0 aromatic rings. The highest BCUT2D eigenvalue weighted by atomic mass is 32.2. The summed E-state index contributed by atoms with van der Waals surface area (Å²) in [7, 11) is 3.95. The molecule has 1 saturated heterocycles. The lowest BCUT2D eigenvalue weighted by molar-refractivity contribution is -0.125. The van der Waals surface area contributed by atoms with Gasteiger partial charge in [0.05, 0.1) is 5.88 Å². The van der Waals surface area contributed by atoms with Crippen molar-refractivity contribution in [1.82, 2.24) is 15.1 Å². The van der Waals surface area contributed by atoms with Crippen LogP contribution in [0.1, 0.15) is 34.6 Å². The molecule has 0 radical (unpaired) electrons. The Morgan fingerprint density at radius 3 is 2.36 bits per heavy atom. The molecule has 0 spiro atoms. The van der Waals surface area contributed by atoms with E-state index in [-0.39, 0.29) is 11.4 Å². The number of rotatable bonds is 4. The fourth-order valence-corrected chi connectivity index (χ4v) is 2.88. The van der Waals surface area contributed by atoms with Gasteiger partial charge in [-0.25, -0.2) is 4.79 Å². The van der Waals surface area contributed by atoms with E-state index in [1.165, 1.54) is 4.90 Å². The van der Waals surface area contributed by atoms with E-state index in [0.717, 1.165) is 0 Å². The van der Waals surface area contributed by atoms with Crippen LogP contribution in [0.2, 0.25) is 0 Å². The molecular formula is C15H29N3O3S. The summed E-state index contributed by atoms with van der Waals surface area (Å²) in [4.78, 5) is 28.2. The predicted octanol–water partition coefficient (Wildman–Crippen LogP) is 1.75. The standard InChI is InChI=1S/C15H29N3O3S/c1-14(2,3)21-13(20)18-10-22-8-11(18)12(19)16-9-15(4,5)17(6)7/h11H,8-10H2,1-7H3,(H,16,19)/t11-/m0/s1. The van der Waals surface area contributed by atoms with Gasteiger partial charge in [-0.2, -0.15) is 0 Å². The third kappa shape index (κ3) is 5.35. The number of carbonyl (C=O) groups is 2. The van der Waals surface area contributed by atoms with E-state index in [1.807, 2.05) is 34.9 Å². The van der Waals surface area contributed by atoms with Gasteiger partial charge in [-0.05, 0) is 48.7 Å². The molecule has 0 saturated carbocycles. The van der Waals surface area contributed by atoms with Crippen molar-refractivity contribution in [3.63, 3.8) is 0 Å². The first kappa shape index (κ1) is 19.1.